The van der Waals surface area contributed by atoms with Crippen molar-refractivity contribution in [2.24, 2.45) is 0 Å². The van der Waals surface area contributed by atoms with Gasteiger partial charge in [0.2, 0.25) is 0 Å². The van der Waals surface area contributed by atoms with Crippen LogP contribution in [0.15, 0.2) is 24.3 Å². The summed E-state index contributed by atoms with van der Waals surface area (Å²) in [6.45, 7) is 5.70. The average molecular weight is 265 g/mol. The van der Waals surface area contributed by atoms with Gasteiger partial charge in [0.05, 0.1) is 26.7 Å². The van der Waals surface area contributed by atoms with E-state index in [1.165, 1.54) is 4.90 Å². The first-order valence-corrected chi connectivity index (χ1v) is 6.83. The van der Waals surface area contributed by atoms with Crippen molar-refractivity contribution in [1.29, 1.82) is 0 Å². The van der Waals surface area contributed by atoms with Gasteiger partial charge >= 0.3 is 0 Å². The van der Waals surface area contributed by atoms with Gasteiger partial charge in [-0.1, -0.05) is 6.07 Å². The van der Waals surface area contributed by atoms with E-state index in [0.717, 1.165) is 18.7 Å². The summed E-state index contributed by atoms with van der Waals surface area (Å²) in [5, 5.41) is 2.93. The average Bonchev–Trinajstić information content (AvgIpc) is 2.33. The molecule has 19 heavy (non-hydrogen) atoms. The summed E-state index contributed by atoms with van der Waals surface area (Å²) in [4.78, 5) is 13.3. The second-order valence-electron chi connectivity index (χ2n) is 5.26. The second-order valence-corrected chi connectivity index (χ2v) is 5.26. The van der Waals surface area contributed by atoms with Crippen molar-refractivity contribution in [2.45, 2.75) is 26.4 Å². The van der Waals surface area contributed by atoms with Crippen molar-refractivity contribution in [3.63, 3.8) is 0 Å². The van der Waals surface area contributed by atoms with Gasteiger partial charge in [-0.2, -0.15) is 0 Å². The molecule has 0 aromatic heterocycles. The Balaban J connectivity index is 2.47. The highest BCUT2D eigenvalue weighted by atomic mass is 16.5. The second kappa shape index (κ2) is 7.79. The van der Waals surface area contributed by atoms with Crippen LogP contribution < -0.4 is 15.0 Å². The third kappa shape index (κ3) is 6.25. The minimum absolute atomic E-state index is 0.0389. The fourth-order valence-corrected chi connectivity index (χ4v) is 1.73. The zero-order chi connectivity index (χ0) is 14.3. The van der Waals surface area contributed by atoms with Gasteiger partial charge in [-0.3, -0.25) is 4.79 Å². The molecule has 0 aliphatic carbocycles. The Morgan fingerprint density at radius 2 is 2.11 bits per heavy atom. The zero-order valence-corrected chi connectivity index (χ0v) is 12.3. The monoisotopic (exact) mass is 265 g/mol. The summed E-state index contributed by atoms with van der Waals surface area (Å²) >= 11 is 0. The lowest BCUT2D eigenvalue weighted by atomic mass is 10.2. The molecule has 0 unspecified atom stereocenters. The van der Waals surface area contributed by atoms with Gasteiger partial charge in [0.15, 0.2) is 0 Å². The Labute approximate surface area is 115 Å². The van der Waals surface area contributed by atoms with E-state index in [4.69, 9.17) is 4.74 Å². The summed E-state index contributed by atoms with van der Waals surface area (Å²) in [6, 6.07) is 7.30. The molecule has 0 saturated carbocycles. The Morgan fingerprint density at radius 3 is 2.74 bits per heavy atom. The van der Waals surface area contributed by atoms with Crippen LogP contribution in [0.4, 0.5) is 0 Å². The molecule has 0 bridgehead atoms. The molecule has 2 N–H and O–H groups in total. The van der Waals surface area contributed by atoms with E-state index < -0.39 is 0 Å². The number of nitrogens with one attached hydrogen (secondary N) is 2. The predicted molar refractivity (Wildman–Crippen MR) is 76.8 cm³/mol. The number of ether oxygens (including phenoxy) is 1. The van der Waals surface area contributed by atoms with Crippen molar-refractivity contribution >= 4 is 5.91 Å². The van der Waals surface area contributed by atoms with Crippen LogP contribution in [0.25, 0.3) is 0 Å². The number of quaternary nitrogens is 1. The van der Waals surface area contributed by atoms with Crippen molar-refractivity contribution in [1.82, 2.24) is 5.32 Å². The maximum atomic E-state index is 12.0. The van der Waals surface area contributed by atoms with E-state index in [1.54, 1.807) is 12.1 Å². The van der Waals surface area contributed by atoms with E-state index in [1.807, 2.05) is 26.0 Å². The number of amides is 1. The molecule has 0 spiro atoms. The number of carbonyl (C=O) groups excluding carboxylic acids is 1. The lowest BCUT2D eigenvalue weighted by molar-refractivity contribution is -0.858. The Kier molecular flexibility index (Phi) is 6.36. The molecular formula is C15H25N2O2+. The number of benzene rings is 1. The molecule has 0 saturated heterocycles. The maximum absolute atomic E-state index is 12.0. The Hall–Kier alpha value is -1.55. The lowest BCUT2D eigenvalue weighted by Crippen LogP contribution is -3.05. The molecule has 1 rings (SSSR count). The summed E-state index contributed by atoms with van der Waals surface area (Å²) in [5.74, 6) is 0.698. The van der Waals surface area contributed by atoms with Gasteiger partial charge in [0, 0.05) is 18.5 Å². The first kappa shape index (κ1) is 15.5. The van der Waals surface area contributed by atoms with Crippen LogP contribution in [0.2, 0.25) is 0 Å². The smallest absolute Gasteiger partial charge is 0.251 e. The molecule has 1 aromatic carbocycles. The number of hydrogen-bond donors (Lipinski definition) is 2. The van der Waals surface area contributed by atoms with Crippen molar-refractivity contribution in [3.8, 4) is 5.75 Å². The highest BCUT2D eigenvalue weighted by Gasteiger charge is 2.07. The Morgan fingerprint density at radius 1 is 1.37 bits per heavy atom. The molecule has 0 aliphatic rings. The largest absolute Gasteiger partial charge is 0.491 e. The van der Waals surface area contributed by atoms with Gasteiger partial charge in [-0.15, -0.1) is 0 Å². The summed E-state index contributed by atoms with van der Waals surface area (Å²) in [6.07, 6.45) is 1.09. The summed E-state index contributed by atoms with van der Waals surface area (Å²) < 4.78 is 5.58. The van der Waals surface area contributed by atoms with Crippen molar-refractivity contribution in [3.05, 3.63) is 29.8 Å². The molecule has 0 heterocycles. The fourth-order valence-electron chi connectivity index (χ4n) is 1.73. The molecule has 4 heteroatoms. The predicted octanol–water partition coefficient (Wildman–Crippen LogP) is 0.738. The molecule has 1 amide bonds. The topological polar surface area (TPSA) is 42.8 Å². The highest BCUT2D eigenvalue weighted by molar-refractivity contribution is 5.94. The number of hydrogen-bond acceptors (Lipinski definition) is 2. The van der Waals surface area contributed by atoms with Crippen LogP contribution >= 0.6 is 0 Å². The van der Waals surface area contributed by atoms with Crippen LogP contribution in [0.3, 0.4) is 0 Å². The van der Waals surface area contributed by atoms with Gasteiger partial charge in [-0.25, -0.2) is 0 Å². The molecule has 4 nitrogen and oxygen atoms in total. The van der Waals surface area contributed by atoms with E-state index >= 15 is 0 Å². The van der Waals surface area contributed by atoms with Crippen molar-refractivity contribution in [2.75, 3.05) is 27.2 Å². The van der Waals surface area contributed by atoms with E-state index in [0.29, 0.717) is 12.1 Å². The van der Waals surface area contributed by atoms with Gasteiger partial charge in [-0.05, 0) is 32.0 Å². The first-order valence-electron chi connectivity index (χ1n) is 6.83. The SMILES string of the molecule is CC(C)Oc1cccc(C(=O)NCCC[NH+](C)C)c1. The van der Waals surface area contributed by atoms with E-state index in [2.05, 4.69) is 19.4 Å². The molecular weight excluding hydrogens is 240 g/mol. The molecule has 106 valence electrons. The maximum Gasteiger partial charge on any atom is 0.251 e. The third-order valence-corrected chi connectivity index (χ3v) is 2.61. The standard InChI is InChI=1S/C15H24N2O2/c1-12(2)19-14-8-5-7-13(11-14)15(18)16-9-6-10-17(3)4/h5,7-8,11-12H,6,9-10H2,1-4H3,(H,16,18)/p+1. The highest BCUT2D eigenvalue weighted by Crippen LogP contribution is 2.14. The lowest BCUT2D eigenvalue weighted by Gasteiger charge is -2.11. The normalized spacial score (nSPS) is 10.8. The van der Waals surface area contributed by atoms with Crippen LogP contribution in [-0.4, -0.2) is 39.2 Å². The van der Waals surface area contributed by atoms with Gasteiger partial charge in [0.1, 0.15) is 5.75 Å². The molecule has 0 fully saturated rings. The number of carbonyl (C=O) groups is 1. The van der Waals surface area contributed by atoms with Gasteiger partial charge in [0.25, 0.3) is 5.91 Å². The quantitative estimate of drug-likeness (QED) is 0.714. The van der Waals surface area contributed by atoms with E-state index in [-0.39, 0.29) is 12.0 Å². The third-order valence-electron chi connectivity index (χ3n) is 2.61. The van der Waals surface area contributed by atoms with Crippen LogP contribution in [0.5, 0.6) is 5.75 Å². The Bertz CT molecular complexity index is 403. The van der Waals surface area contributed by atoms with Crippen molar-refractivity contribution < 1.29 is 14.4 Å². The minimum Gasteiger partial charge on any atom is -0.491 e. The summed E-state index contributed by atoms with van der Waals surface area (Å²) in [5.41, 5.74) is 0.648. The fraction of sp³-hybridized carbons (Fsp3) is 0.533. The number of rotatable bonds is 7. The van der Waals surface area contributed by atoms with Gasteiger partial charge < -0.3 is 15.0 Å². The molecule has 0 radical (unpaired) electrons. The van der Waals surface area contributed by atoms with E-state index in [9.17, 15) is 4.79 Å². The van der Waals surface area contributed by atoms with Crippen LogP contribution in [-0.2, 0) is 0 Å². The van der Waals surface area contributed by atoms with Crippen LogP contribution in [0, 0.1) is 0 Å². The zero-order valence-electron chi connectivity index (χ0n) is 12.3. The van der Waals surface area contributed by atoms with Crippen LogP contribution in [0.1, 0.15) is 30.6 Å². The summed E-state index contributed by atoms with van der Waals surface area (Å²) in [7, 11) is 4.21. The molecule has 1 aromatic rings. The molecule has 0 aliphatic heterocycles. The molecule has 0 atom stereocenters. The minimum atomic E-state index is -0.0389. The first-order chi connectivity index (χ1) is 8.99.